The zero-order chi connectivity index (χ0) is 21.2. The van der Waals surface area contributed by atoms with Gasteiger partial charge >= 0.3 is 0 Å². The molecule has 0 atom stereocenters. The predicted octanol–water partition coefficient (Wildman–Crippen LogP) is 4.97. The summed E-state index contributed by atoms with van der Waals surface area (Å²) in [5.41, 5.74) is 2.57. The summed E-state index contributed by atoms with van der Waals surface area (Å²) in [4.78, 5) is 25.0. The molecule has 0 heterocycles. The maximum Gasteiger partial charge on any atom is 0.193 e. The fourth-order valence-electron chi connectivity index (χ4n) is 2.89. The summed E-state index contributed by atoms with van der Waals surface area (Å²) in [6.45, 7) is 0.687. The molecule has 3 aromatic carbocycles. The SMILES string of the molecule is O=C(/C=C/c1ccccc1)c1ccc(C(=O)c2ccc(OCCCCO)cc2)cc1. The van der Waals surface area contributed by atoms with E-state index in [4.69, 9.17) is 9.84 Å². The Kier molecular flexibility index (Phi) is 7.70. The number of aliphatic hydroxyl groups excluding tert-OH is 1. The largest absolute Gasteiger partial charge is 0.494 e. The van der Waals surface area contributed by atoms with Crippen LogP contribution in [0.1, 0.15) is 44.7 Å². The smallest absolute Gasteiger partial charge is 0.193 e. The molecule has 0 bridgehead atoms. The van der Waals surface area contributed by atoms with Crippen LogP contribution in [0.25, 0.3) is 6.08 Å². The van der Waals surface area contributed by atoms with Crippen LogP contribution in [-0.2, 0) is 0 Å². The van der Waals surface area contributed by atoms with Gasteiger partial charge in [-0.05, 0) is 48.7 Å². The molecule has 0 aliphatic rings. The van der Waals surface area contributed by atoms with Crippen LogP contribution < -0.4 is 4.74 Å². The first kappa shape index (κ1) is 21.2. The summed E-state index contributed by atoms with van der Waals surface area (Å²) in [6.07, 6.45) is 4.79. The molecule has 0 fully saturated rings. The van der Waals surface area contributed by atoms with Crippen molar-refractivity contribution >= 4 is 17.6 Å². The van der Waals surface area contributed by atoms with Gasteiger partial charge < -0.3 is 9.84 Å². The van der Waals surface area contributed by atoms with Gasteiger partial charge in [-0.3, -0.25) is 9.59 Å². The molecular weight excluding hydrogens is 376 g/mol. The minimum atomic E-state index is -0.111. The van der Waals surface area contributed by atoms with Crippen LogP contribution in [0, 0.1) is 0 Å². The van der Waals surface area contributed by atoms with Crippen LogP contribution in [0.4, 0.5) is 0 Å². The van der Waals surface area contributed by atoms with E-state index in [1.165, 1.54) is 6.08 Å². The van der Waals surface area contributed by atoms with Crippen LogP contribution in [0.3, 0.4) is 0 Å². The maximum atomic E-state index is 12.7. The van der Waals surface area contributed by atoms with Gasteiger partial charge in [0.05, 0.1) is 6.61 Å². The molecule has 0 saturated carbocycles. The van der Waals surface area contributed by atoms with Crippen molar-refractivity contribution in [2.75, 3.05) is 13.2 Å². The standard InChI is InChI=1S/C26H24O4/c27-18-4-5-19-30-24-15-13-23(14-16-24)26(29)22-11-9-21(10-12-22)25(28)17-8-20-6-2-1-3-7-20/h1-3,6-17,27H,4-5,18-19H2/b17-8+. The van der Waals surface area contributed by atoms with Crippen molar-refractivity contribution in [1.29, 1.82) is 0 Å². The quantitative estimate of drug-likeness (QED) is 0.297. The first-order valence-corrected chi connectivity index (χ1v) is 9.93. The van der Waals surface area contributed by atoms with Gasteiger partial charge in [0.25, 0.3) is 0 Å². The third kappa shape index (κ3) is 6.00. The Morgan fingerprint density at radius 1 is 0.767 bits per heavy atom. The van der Waals surface area contributed by atoms with E-state index in [1.54, 1.807) is 54.6 Å². The number of hydrogen-bond acceptors (Lipinski definition) is 4. The second-order valence-electron chi connectivity index (χ2n) is 6.82. The van der Waals surface area contributed by atoms with Crippen molar-refractivity contribution in [1.82, 2.24) is 0 Å². The lowest BCUT2D eigenvalue weighted by Crippen LogP contribution is -2.03. The first-order chi connectivity index (χ1) is 14.7. The summed E-state index contributed by atoms with van der Waals surface area (Å²) in [5, 5.41) is 8.78. The van der Waals surface area contributed by atoms with E-state index in [-0.39, 0.29) is 18.2 Å². The molecule has 0 radical (unpaired) electrons. The van der Waals surface area contributed by atoms with Gasteiger partial charge in [0, 0.05) is 23.3 Å². The molecule has 0 unspecified atom stereocenters. The second-order valence-corrected chi connectivity index (χ2v) is 6.82. The number of benzene rings is 3. The first-order valence-electron chi connectivity index (χ1n) is 9.93. The number of unbranched alkanes of at least 4 members (excludes halogenated alkanes) is 1. The number of hydrogen-bond donors (Lipinski definition) is 1. The molecule has 0 aliphatic carbocycles. The number of ketones is 2. The summed E-state index contributed by atoms with van der Waals surface area (Å²) in [7, 11) is 0. The molecule has 3 aromatic rings. The fourth-order valence-corrected chi connectivity index (χ4v) is 2.89. The monoisotopic (exact) mass is 400 g/mol. The molecule has 0 aliphatic heterocycles. The lowest BCUT2D eigenvalue weighted by atomic mass is 10.0. The van der Waals surface area contributed by atoms with Crippen LogP contribution in [0.2, 0.25) is 0 Å². The number of rotatable bonds is 10. The third-order valence-corrected chi connectivity index (χ3v) is 4.60. The van der Waals surface area contributed by atoms with Gasteiger partial charge in [-0.25, -0.2) is 0 Å². The zero-order valence-electron chi connectivity index (χ0n) is 16.7. The van der Waals surface area contributed by atoms with E-state index in [1.807, 2.05) is 30.3 Å². The molecule has 0 amide bonds. The Morgan fingerprint density at radius 2 is 1.37 bits per heavy atom. The van der Waals surface area contributed by atoms with Crippen molar-refractivity contribution < 1.29 is 19.4 Å². The Balaban J connectivity index is 1.60. The van der Waals surface area contributed by atoms with Crippen molar-refractivity contribution in [2.24, 2.45) is 0 Å². The Bertz CT molecular complexity index is 987. The Morgan fingerprint density at radius 3 is 2.00 bits per heavy atom. The van der Waals surface area contributed by atoms with Crippen molar-refractivity contribution in [3.05, 3.63) is 107 Å². The highest BCUT2D eigenvalue weighted by atomic mass is 16.5. The Labute approximate surface area is 176 Å². The molecule has 152 valence electrons. The third-order valence-electron chi connectivity index (χ3n) is 4.60. The van der Waals surface area contributed by atoms with Crippen molar-refractivity contribution in [3.63, 3.8) is 0 Å². The van der Waals surface area contributed by atoms with E-state index >= 15 is 0 Å². The summed E-state index contributed by atoms with van der Waals surface area (Å²) < 4.78 is 5.58. The molecule has 4 nitrogen and oxygen atoms in total. The number of ether oxygens (including phenoxy) is 1. The van der Waals surface area contributed by atoms with Gasteiger partial charge in [0.15, 0.2) is 11.6 Å². The predicted molar refractivity (Wildman–Crippen MR) is 118 cm³/mol. The number of carbonyl (C=O) groups is 2. The van der Waals surface area contributed by atoms with E-state index in [9.17, 15) is 9.59 Å². The Hall–Kier alpha value is -3.50. The minimum Gasteiger partial charge on any atom is -0.494 e. The van der Waals surface area contributed by atoms with Gasteiger partial charge in [-0.1, -0.05) is 60.7 Å². The summed E-state index contributed by atoms with van der Waals surface area (Å²) >= 11 is 0. The summed E-state index contributed by atoms with van der Waals surface area (Å²) in [5.74, 6) is 0.469. The molecule has 30 heavy (non-hydrogen) atoms. The van der Waals surface area contributed by atoms with Crippen molar-refractivity contribution in [2.45, 2.75) is 12.8 Å². The van der Waals surface area contributed by atoms with Crippen LogP contribution in [0.15, 0.2) is 84.9 Å². The molecule has 0 aromatic heterocycles. The second kappa shape index (κ2) is 10.9. The molecule has 0 spiro atoms. The highest BCUT2D eigenvalue weighted by Gasteiger charge is 2.10. The molecule has 3 rings (SSSR count). The number of aliphatic hydroxyl groups is 1. The van der Waals surface area contributed by atoms with E-state index in [0.717, 1.165) is 12.0 Å². The van der Waals surface area contributed by atoms with Crippen LogP contribution >= 0.6 is 0 Å². The minimum absolute atomic E-state index is 0.111. The van der Waals surface area contributed by atoms with E-state index in [0.29, 0.717) is 35.5 Å². The zero-order valence-corrected chi connectivity index (χ0v) is 16.7. The van der Waals surface area contributed by atoms with Crippen molar-refractivity contribution in [3.8, 4) is 5.75 Å². The number of carbonyl (C=O) groups excluding carboxylic acids is 2. The van der Waals surface area contributed by atoms with Gasteiger partial charge in [0.2, 0.25) is 0 Å². The molecular formula is C26H24O4. The molecule has 1 N–H and O–H groups in total. The maximum absolute atomic E-state index is 12.7. The fraction of sp³-hybridized carbons (Fsp3) is 0.154. The molecule has 0 saturated heterocycles. The topological polar surface area (TPSA) is 63.6 Å². The number of allylic oxidation sites excluding steroid dienone is 1. The highest BCUT2D eigenvalue weighted by Crippen LogP contribution is 2.17. The highest BCUT2D eigenvalue weighted by molar-refractivity contribution is 6.10. The van der Waals surface area contributed by atoms with E-state index in [2.05, 4.69) is 0 Å². The normalized spacial score (nSPS) is 10.8. The van der Waals surface area contributed by atoms with Gasteiger partial charge in [-0.15, -0.1) is 0 Å². The van der Waals surface area contributed by atoms with E-state index < -0.39 is 0 Å². The molecule has 4 heteroatoms. The van der Waals surface area contributed by atoms with Crippen LogP contribution in [0.5, 0.6) is 5.75 Å². The van der Waals surface area contributed by atoms with Crippen LogP contribution in [-0.4, -0.2) is 29.9 Å². The van der Waals surface area contributed by atoms with Gasteiger partial charge in [0.1, 0.15) is 5.75 Å². The average molecular weight is 400 g/mol. The lowest BCUT2D eigenvalue weighted by molar-refractivity contribution is 0.103. The lowest BCUT2D eigenvalue weighted by Gasteiger charge is -2.07. The summed E-state index contributed by atoms with van der Waals surface area (Å²) in [6, 6.07) is 23.3. The van der Waals surface area contributed by atoms with Gasteiger partial charge in [-0.2, -0.15) is 0 Å². The average Bonchev–Trinajstić information content (AvgIpc) is 2.81.